The Balaban J connectivity index is 1.95. The van der Waals surface area contributed by atoms with E-state index < -0.39 is 0 Å². The summed E-state index contributed by atoms with van der Waals surface area (Å²) in [4.78, 5) is 22.1. The average Bonchev–Trinajstić information content (AvgIpc) is 2.95. The maximum absolute atomic E-state index is 11.7. The van der Waals surface area contributed by atoms with Gasteiger partial charge in [-0.05, 0) is 38.5 Å². The highest BCUT2D eigenvalue weighted by Crippen LogP contribution is 2.16. The lowest BCUT2D eigenvalue weighted by atomic mass is 10.2. The minimum atomic E-state index is -0.0333. The first kappa shape index (κ1) is 20.9. The first-order chi connectivity index (χ1) is 12.9. The van der Waals surface area contributed by atoms with E-state index in [0.29, 0.717) is 13.1 Å². The molecule has 6 nitrogen and oxygen atoms in total. The van der Waals surface area contributed by atoms with Crippen molar-refractivity contribution in [2.45, 2.75) is 47.7 Å². The summed E-state index contributed by atoms with van der Waals surface area (Å²) in [5.41, 5.74) is 2.96. The highest BCUT2D eigenvalue weighted by atomic mass is 32.1. The molecule has 0 atom stereocenters. The maximum Gasteiger partial charge on any atom is 0.226 e. The average molecular weight is 388 g/mol. The number of carbonyl (C=O) groups is 1. The van der Waals surface area contributed by atoms with Gasteiger partial charge < -0.3 is 16.0 Å². The zero-order valence-electron chi connectivity index (χ0n) is 16.7. The minimum Gasteiger partial charge on any atom is -0.357 e. The van der Waals surface area contributed by atoms with Crippen molar-refractivity contribution in [1.82, 2.24) is 15.6 Å². The third-order valence-corrected chi connectivity index (χ3v) is 5.00. The number of hydrogen-bond acceptors (Lipinski definition) is 4. The molecule has 1 heterocycles. The van der Waals surface area contributed by atoms with Gasteiger partial charge >= 0.3 is 0 Å². The number of rotatable bonds is 7. The van der Waals surface area contributed by atoms with Crippen LogP contribution in [0.5, 0.6) is 0 Å². The van der Waals surface area contributed by atoms with Crippen LogP contribution in [0.1, 0.15) is 41.9 Å². The molecule has 0 spiro atoms. The van der Waals surface area contributed by atoms with Crippen LogP contribution in [0.2, 0.25) is 0 Å². The molecule has 0 radical (unpaired) electrons. The van der Waals surface area contributed by atoms with Gasteiger partial charge in [0.15, 0.2) is 5.96 Å². The standard InChI is InChI=1S/C20H29N5OS/c1-6-21-20(23-12-18-14(4)24-15(5)27-18)22-11-16-7-9-17(10-8-16)25-19(26)13(2)3/h7-10,13H,6,11-12H2,1-5H3,(H,25,26)(H2,21,22,23). The SMILES string of the molecule is CCNC(=NCc1ccc(NC(=O)C(C)C)cc1)NCc1sc(C)nc1C. The van der Waals surface area contributed by atoms with Gasteiger partial charge in [-0.15, -0.1) is 11.3 Å². The predicted octanol–water partition coefficient (Wildman–Crippen LogP) is 3.61. The molecule has 27 heavy (non-hydrogen) atoms. The topological polar surface area (TPSA) is 78.4 Å². The Bertz CT molecular complexity index is 780. The van der Waals surface area contributed by atoms with Crippen molar-refractivity contribution >= 4 is 28.9 Å². The second-order valence-corrected chi connectivity index (χ2v) is 7.92. The van der Waals surface area contributed by atoms with Crippen LogP contribution in [-0.2, 0) is 17.9 Å². The van der Waals surface area contributed by atoms with E-state index in [-0.39, 0.29) is 11.8 Å². The van der Waals surface area contributed by atoms with E-state index >= 15 is 0 Å². The number of guanidine groups is 1. The van der Waals surface area contributed by atoms with E-state index in [1.807, 2.05) is 58.9 Å². The van der Waals surface area contributed by atoms with Crippen molar-refractivity contribution in [2.75, 3.05) is 11.9 Å². The minimum absolute atomic E-state index is 0.0213. The molecule has 0 bridgehead atoms. The number of aryl methyl sites for hydroxylation is 2. The van der Waals surface area contributed by atoms with Crippen molar-refractivity contribution in [3.8, 4) is 0 Å². The lowest BCUT2D eigenvalue weighted by molar-refractivity contribution is -0.118. The third-order valence-electron chi connectivity index (χ3n) is 3.93. The van der Waals surface area contributed by atoms with Crippen LogP contribution in [-0.4, -0.2) is 23.4 Å². The summed E-state index contributed by atoms with van der Waals surface area (Å²) in [6.45, 7) is 11.9. The van der Waals surface area contributed by atoms with Gasteiger partial charge in [0.1, 0.15) is 0 Å². The smallest absolute Gasteiger partial charge is 0.226 e. The number of carbonyl (C=O) groups excluding carboxylic acids is 1. The molecular weight excluding hydrogens is 358 g/mol. The van der Waals surface area contributed by atoms with Gasteiger partial charge in [0.2, 0.25) is 5.91 Å². The van der Waals surface area contributed by atoms with E-state index in [1.165, 1.54) is 4.88 Å². The van der Waals surface area contributed by atoms with Crippen molar-refractivity contribution in [3.63, 3.8) is 0 Å². The van der Waals surface area contributed by atoms with Crippen LogP contribution in [0.15, 0.2) is 29.3 Å². The fraction of sp³-hybridized carbons (Fsp3) is 0.450. The van der Waals surface area contributed by atoms with Crippen LogP contribution in [0.25, 0.3) is 0 Å². The number of amides is 1. The normalized spacial score (nSPS) is 11.6. The molecule has 1 aromatic heterocycles. The Morgan fingerprint density at radius 3 is 2.44 bits per heavy atom. The first-order valence-electron chi connectivity index (χ1n) is 9.24. The molecule has 0 fully saturated rings. The van der Waals surface area contributed by atoms with Crippen LogP contribution in [0, 0.1) is 19.8 Å². The van der Waals surface area contributed by atoms with E-state index in [4.69, 9.17) is 0 Å². The number of aromatic nitrogens is 1. The molecule has 0 aliphatic rings. The molecule has 0 aliphatic heterocycles. The number of nitrogens with one attached hydrogen (secondary N) is 3. The molecule has 0 unspecified atom stereocenters. The van der Waals surface area contributed by atoms with E-state index in [0.717, 1.165) is 34.5 Å². The number of thiazole rings is 1. The van der Waals surface area contributed by atoms with Gasteiger partial charge in [-0.1, -0.05) is 26.0 Å². The Hall–Kier alpha value is -2.41. The molecule has 1 aromatic carbocycles. The molecule has 0 aliphatic carbocycles. The quantitative estimate of drug-likeness (QED) is 0.501. The van der Waals surface area contributed by atoms with Crippen LogP contribution < -0.4 is 16.0 Å². The molecular formula is C20H29N5OS. The summed E-state index contributed by atoms with van der Waals surface area (Å²) in [7, 11) is 0. The van der Waals surface area contributed by atoms with Crippen molar-refractivity contribution in [2.24, 2.45) is 10.9 Å². The summed E-state index contributed by atoms with van der Waals surface area (Å²) < 4.78 is 0. The Kier molecular flexibility index (Phi) is 7.79. The van der Waals surface area contributed by atoms with Gasteiger partial charge in [0.05, 0.1) is 23.8 Å². The number of nitrogens with zero attached hydrogens (tertiary/aromatic N) is 2. The first-order valence-corrected chi connectivity index (χ1v) is 10.1. The second-order valence-electron chi connectivity index (χ2n) is 6.63. The molecule has 0 saturated carbocycles. The molecule has 1 amide bonds. The van der Waals surface area contributed by atoms with Crippen LogP contribution >= 0.6 is 11.3 Å². The fourth-order valence-electron chi connectivity index (χ4n) is 2.39. The fourth-order valence-corrected chi connectivity index (χ4v) is 3.27. The van der Waals surface area contributed by atoms with Gasteiger partial charge in [-0.25, -0.2) is 9.98 Å². The predicted molar refractivity (Wildman–Crippen MR) is 113 cm³/mol. The maximum atomic E-state index is 11.7. The zero-order valence-corrected chi connectivity index (χ0v) is 17.5. The lowest BCUT2D eigenvalue weighted by Crippen LogP contribution is -2.36. The molecule has 3 N–H and O–H groups in total. The summed E-state index contributed by atoms with van der Waals surface area (Å²) in [5, 5.41) is 10.6. The van der Waals surface area contributed by atoms with Gasteiger partial charge in [-0.3, -0.25) is 4.79 Å². The zero-order chi connectivity index (χ0) is 19.8. The number of aliphatic imine (C=N–C) groups is 1. The number of hydrogen-bond donors (Lipinski definition) is 3. The summed E-state index contributed by atoms with van der Waals surface area (Å²) >= 11 is 1.71. The number of benzene rings is 1. The van der Waals surface area contributed by atoms with Crippen molar-refractivity contribution in [3.05, 3.63) is 45.4 Å². The molecule has 7 heteroatoms. The lowest BCUT2D eigenvalue weighted by Gasteiger charge is -2.11. The summed E-state index contributed by atoms with van der Waals surface area (Å²) in [6.07, 6.45) is 0. The van der Waals surface area contributed by atoms with Gasteiger partial charge in [0.25, 0.3) is 0 Å². The highest BCUT2D eigenvalue weighted by Gasteiger charge is 2.07. The monoisotopic (exact) mass is 387 g/mol. The van der Waals surface area contributed by atoms with Crippen LogP contribution in [0.4, 0.5) is 5.69 Å². The van der Waals surface area contributed by atoms with Crippen LogP contribution in [0.3, 0.4) is 0 Å². The largest absolute Gasteiger partial charge is 0.357 e. The van der Waals surface area contributed by atoms with E-state index in [2.05, 4.69) is 25.9 Å². The third kappa shape index (κ3) is 6.67. The molecule has 146 valence electrons. The number of anilines is 1. The molecule has 2 rings (SSSR count). The summed E-state index contributed by atoms with van der Waals surface area (Å²) in [5.74, 6) is 0.766. The summed E-state index contributed by atoms with van der Waals surface area (Å²) in [6, 6.07) is 7.79. The second kappa shape index (κ2) is 10.1. The Morgan fingerprint density at radius 2 is 1.89 bits per heavy atom. The highest BCUT2D eigenvalue weighted by molar-refractivity contribution is 7.11. The Labute approximate surface area is 165 Å². The van der Waals surface area contributed by atoms with E-state index in [9.17, 15) is 4.79 Å². The molecule has 2 aromatic rings. The van der Waals surface area contributed by atoms with Gasteiger partial charge in [-0.2, -0.15) is 0 Å². The Morgan fingerprint density at radius 1 is 1.19 bits per heavy atom. The van der Waals surface area contributed by atoms with Crippen molar-refractivity contribution in [1.29, 1.82) is 0 Å². The molecule has 0 saturated heterocycles. The van der Waals surface area contributed by atoms with Crippen molar-refractivity contribution < 1.29 is 4.79 Å². The van der Waals surface area contributed by atoms with Gasteiger partial charge in [0, 0.05) is 23.0 Å². The van der Waals surface area contributed by atoms with E-state index in [1.54, 1.807) is 11.3 Å².